The minimum absolute atomic E-state index is 0.209. The maximum Gasteiger partial charge on any atom is 0.240 e. The average molecular weight is 529 g/mol. The number of hydrogen-bond donors (Lipinski definition) is 2. The first-order chi connectivity index (χ1) is 19.1. The lowest BCUT2D eigenvalue weighted by Crippen LogP contribution is -2.20. The molecule has 0 heterocycles. The van der Waals surface area contributed by atoms with Crippen LogP contribution in [0.1, 0.15) is 95.6 Å². The maximum absolute atomic E-state index is 12.2. The van der Waals surface area contributed by atoms with Crippen LogP contribution in [-0.2, 0) is 9.59 Å². The third kappa shape index (κ3) is 15.3. The van der Waals surface area contributed by atoms with Crippen molar-refractivity contribution >= 4 is 36.4 Å². The number of hydrogen-bond acceptors (Lipinski definition) is 4. The van der Waals surface area contributed by atoms with Crippen LogP contribution in [0.3, 0.4) is 0 Å². The molecule has 6 nitrogen and oxygen atoms in total. The largest absolute Gasteiger partial charge is 0.273 e. The van der Waals surface area contributed by atoms with Gasteiger partial charge in [0.15, 0.2) is 0 Å². The Morgan fingerprint density at radius 2 is 1.00 bits per heavy atom. The van der Waals surface area contributed by atoms with Crippen molar-refractivity contribution in [3.05, 3.63) is 82.9 Å². The van der Waals surface area contributed by atoms with Gasteiger partial charge in [-0.25, -0.2) is 10.9 Å². The second-order valence-electron chi connectivity index (χ2n) is 9.61. The van der Waals surface area contributed by atoms with Gasteiger partial charge in [-0.3, -0.25) is 9.59 Å². The smallest absolute Gasteiger partial charge is 0.240 e. The van der Waals surface area contributed by atoms with E-state index in [9.17, 15) is 9.59 Å². The molecular formula is C33H44N4O2. The Labute approximate surface area is 234 Å². The van der Waals surface area contributed by atoms with Gasteiger partial charge in [0.25, 0.3) is 0 Å². The van der Waals surface area contributed by atoms with E-state index < -0.39 is 0 Å². The zero-order valence-electron chi connectivity index (χ0n) is 23.6. The van der Waals surface area contributed by atoms with Gasteiger partial charge in [0.2, 0.25) is 11.8 Å². The third-order valence-electron chi connectivity index (χ3n) is 6.09. The highest BCUT2D eigenvalue weighted by Crippen LogP contribution is 2.13. The minimum Gasteiger partial charge on any atom is -0.273 e. The van der Waals surface area contributed by atoms with Crippen LogP contribution in [0, 0.1) is 0 Å². The molecule has 6 heteroatoms. The average Bonchev–Trinajstić information content (AvgIpc) is 2.94. The van der Waals surface area contributed by atoms with Crippen molar-refractivity contribution in [2.75, 3.05) is 0 Å². The highest BCUT2D eigenvalue weighted by atomic mass is 16.2. The van der Waals surface area contributed by atoms with Gasteiger partial charge in [-0.05, 0) is 54.4 Å². The number of carbonyl (C=O) groups excluding carboxylic acids is 2. The molecule has 2 N–H and O–H groups in total. The van der Waals surface area contributed by atoms with Gasteiger partial charge < -0.3 is 0 Å². The van der Waals surface area contributed by atoms with E-state index in [1.165, 1.54) is 0 Å². The molecule has 0 saturated heterocycles. The number of unbranched alkanes of at least 4 members (excludes halogenated alkanes) is 4. The normalized spacial score (nSPS) is 12.3. The zero-order chi connectivity index (χ0) is 28.0. The maximum atomic E-state index is 12.2. The number of benzene rings is 2. The molecule has 208 valence electrons. The summed E-state index contributed by atoms with van der Waals surface area (Å²) in [7, 11) is 0. The van der Waals surface area contributed by atoms with Gasteiger partial charge >= 0.3 is 0 Å². The molecule has 2 aromatic rings. The van der Waals surface area contributed by atoms with E-state index in [-0.39, 0.29) is 24.7 Å². The van der Waals surface area contributed by atoms with E-state index in [0.29, 0.717) is 6.42 Å². The molecule has 0 aliphatic heterocycles. The number of carbonyl (C=O) groups is 2. The van der Waals surface area contributed by atoms with E-state index in [0.717, 1.165) is 73.6 Å². The molecule has 39 heavy (non-hydrogen) atoms. The van der Waals surface area contributed by atoms with Crippen LogP contribution < -0.4 is 10.9 Å². The summed E-state index contributed by atoms with van der Waals surface area (Å²) in [6, 6.07) is 20.2. The molecule has 0 radical (unpaired) electrons. The number of allylic oxidation sites excluding steroid dienone is 2. The second kappa shape index (κ2) is 20.2. The number of nitrogens with zero attached hydrogens (tertiary/aromatic N) is 2. The van der Waals surface area contributed by atoms with E-state index in [1.807, 2.05) is 60.7 Å². The van der Waals surface area contributed by atoms with E-state index in [2.05, 4.69) is 47.1 Å². The summed E-state index contributed by atoms with van der Waals surface area (Å²) in [6.45, 7) is 4.35. The molecule has 0 aromatic heterocycles. The molecule has 0 spiro atoms. The van der Waals surface area contributed by atoms with Crippen molar-refractivity contribution in [1.29, 1.82) is 0 Å². The van der Waals surface area contributed by atoms with Crippen LogP contribution in [0.25, 0.3) is 12.2 Å². The van der Waals surface area contributed by atoms with Crippen molar-refractivity contribution in [3.8, 4) is 0 Å². The summed E-state index contributed by atoms with van der Waals surface area (Å²) in [4.78, 5) is 24.4. The van der Waals surface area contributed by atoms with Crippen molar-refractivity contribution < 1.29 is 9.59 Å². The van der Waals surface area contributed by atoms with Crippen LogP contribution in [0.5, 0.6) is 0 Å². The van der Waals surface area contributed by atoms with Gasteiger partial charge in [-0.15, -0.1) is 0 Å². The van der Waals surface area contributed by atoms with Crippen molar-refractivity contribution in [2.45, 2.75) is 84.5 Å². The minimum atomic E-state index is -0.209. The van der Waals surface area contributed by atoms with Gasteiger partial charge in [0.05, 0.1) is 12.4 Å². The molecule has 0 fully saturated rings. The summed E-state index contributed by atoms with van der Waals surface area (Å²) in [6.07, 6.45) is 17.1. The Bertz CT molecular complexity index is 1000. The first-order valence-electron chi connectivity index (χ1n) is 14.3. The molecule has 0 atom stereocenters. The van der Waals surface area contributed by atoms with Gasteiger partial charge in [0.1, 0.15) is 0 Å². The highest BCUT2D eigenvalue weighted by Gasteiger charge is 2.05. The Hall–Kier alpha value is -3.80. The summed E-state index contributed by atoms with van der Waals surface area (Å²) >= 11 is 0. The number of hydrazone groups is 2. The first kappa shape index (κ1) is 31.4. The van der Waals surface area contributed by atoms with Crippen LogP contribution >= 0.6 is 0 Å². The topological polar surface area (TPSA) is 82.9 Å². The SMILES string of the molecule is CCCCCC(=C/c1ccccc1)/C=N/NC(=O)CCCC(=O)N/N=C/C(=C/c1ccccc1)CCCCC. The standard InChI is InChI=1S/C33H44N4O2/c1-3-5-9-20-30(24-28-16-11-7-12-17-28)26-34-36-32(38)22-15-23-33(39)37-35-27-31(21-10-6-4-2)25-29-18-13-8-14-19-29/h7-8,11-14,16-19,24-27H,3-6,9-10,15,20-23H2,1-2H3,(H,36,38)(H,37,39)/b30-24-,31-25+,34-26+,35-27+. The van der Waals surface area contributed by atoms with Gasteiger partial charge in [-0.1, -0.05) is 112 Å². The molecule has 0 bridgehead atoms. The van der Waals surface area contributed by atoms with E-state index in [4.69, 9.17) is 0 Å². The highest BCUT2D eigenvalue weighted by molar-refractivity contribution is 5.88. The van der Waals surface area contributed by atoms with Gasteiger partial charge in [-0.2, -0.15) is 10.2 Å². The van der Waals surface area contributed by atoms with Crippen LogP contribution in [-0.4, -0.2) is 24.2 Å². The lowest BCUT2D eigenvalue weighted by Gasteiger charge is -2.04. The number of amides is 2. The Morgan fingerprint density at radius 3 is 1.38 bits per heavy atom. The molecule has 0 unspecified atom stereocenters. The fourth-order valence-corrected chi connectivity index (χ4v) is 3.93. The molecule has 2 amide bonds. The predicted octanol–water partition coefficient (Wildman–Crippen LogP) is 7.69. The van der Waals surface area contributed by atoms with E-state index in [1.54, 1.807) is 12.4 Å². The molecule has 0 aliphatic rings. The second-order valence-corrected chi connectivity index (χ2v) is 9.61. The number of nitrogens with one attached hydrogen (secondary N) is 2. The lowest BCUT2D eigenvalue weighted by molar-refractivity contribution is -0.122. The Morgan fingerprint density at radius 1 is 0.590 bits per heavy atom. The fourth-order valence-electron chi connectivity index (χ4n) is 3.93. The molecular weight excluding hydrogens is 484 g/mol. The first-order valence-corrected chi connectivity index (χ1v) is 14.3. The quantitative estimate of drug-likeness (QED) is 0.118. The molecule has 0 aliphatic carbocycles. The molecule has 2 aromatic carbocycles. The van der Waals surface area contributed by atoms with Crippen LogP contribution in [0.2, 0.25) is 0 Å². The van der Waals surface area contributed by atoms with Crippen molar-refractivity contribution in [2.24, 2.45) is 10.2 Å². The summed E-state index contributed by atoms with van der Waals surface area (Å²) in [5.74, 6) is -0.418. The lowest BCUT2D eigenvalue weighted by atomic mass is 10.1. The van der Waals surface area contributed by atoms with Crippen molar-refractivity contribution in [1.82, 2.24) is 10.9 Å². The molecule has 2 rings (SSSR count). The monoisotopic (exact) mass is 528 g/mol. The summed E-state index contributed by atoms with van der Waals surface area (Å²) in [5.41, 5.74) is 9.54. The van der Waals surface area contributed by atoms with Gasteiger partial charge in [0, 0.05) is 12.8 Å². The summed E-state index contributed by atoms with van der Waals surface area (Å²) < 4.78 is 0. The van der Waals surface area contributed by atoms with Crippen LogP contribution in [0.4, 0.5) is 0 Å². The Balaban J connectivity index is 1.77. The number of rotatable bonds is 18. The van der Waals surface area contributed by atoms with Crippen LogP contribution in [0.15, 0.2) is 82.0 Å². The third-order valence-corrected chi connectivity index (χ3v) is 6.09. The molecule has 0 saturated carbocycles. The summed E-state index contributed by atoms with van der Waals surface area (Å²) in [5, 5.41) is 8.31. The van der Waals surface area contributed by atoms with E-state index >= 15 is 0 Å². The Kier molecular flexibility index (Phi) is 16.3. The fraction of sp³-hybridized carbons (Fsp3) is 0.394. The predicted molar refractivity (Wildman–Crippen MR) is 164 cm³/mol. The van der Waals surface area contributed by atoms with Crippen molar-refractivity contribution in [3.63, 3.8) is 0 Å². The zero-order valence-corrected chi connectivity index (χ0v) is 23.6.